The molecule has 1 unspecified atom stereocenters. The lowest BCUT2D eigenvalue weighted by Gasteiger charge is -2.25. The van der Waals surface area contributed by atoms with Gasteiger partial charge >= 0.3 is 18.3 Å². The average Bonchev–Trinajstić information content (AvgIpc) is 3.07. The molecular formula is C30H39N9O11. The Kier molecular flexibility index (Phi) is 17.4. The summed E-state index contributed by atoms with van der Waals surface area (Å²) in [6.07, 6.45) is -1.54. The van der Waals surface area contributed by atoms with E-state index in [2.05, 4.69) is 31.3 Å². The Morgan fingerprint density at radius 3 is 2.28 bits per heavy atom. The first kappa shape index (κ1) is 40.0. The lowest BCUT2D eigenvalue weighted by Crippen LogP contribution is -2.54. The van der Waals surface area contributed by atoms with Crippen LogP contribution in [0, 0.1) is 16.0 Å². The Bertz CT molecular complexity index is 1500. The normalized spacial score (nSPS) is 11.6. The summed E-state index contributed by atoms with van der Waals surface area (Å²) in [6.45, 7) is 3.53. The number of ether oxygens (including phenoxy) is 4. The number of nitrogens with one attached hydrogen (secondary N) is 4. The largest absolute Gasteiger partial charge is 0.514 e. The van der Waals surface area contributed by atoms with E-state index in [0.717, 1.165) is 0 Å². The number of hydrogen-bond acceptors (Lipinski definition) is 12. The molecule has 2 aromatic rings. The zero-order valence-corrected chi connectivity index (χ0v) is 27.4. The molecule has 2 aromatic carbocycles. The summed E-state index contributed by atoms with van der Waals surface area (Å²) < 4.78 is 20.3. The fraction of sp³-hybridized carbons (Fsp3) is 0.433. The highest BCUT2D eigenvalue weighted by Crippen LogP contribution is 2.18. The van der Waals surface area contributed by atoms with Gasteiger partial charge in [0.15, 0.2) is 0 Å². The van der Waals surface area contributed by atoms with Crippen LogP contribution < -0.4 is 31.7 Å². The minimum atomic E-state index is -1.09. The fourth-order valence-corrected chi connectivity index (χ4v) is 4.01. The molecule has 50 heavy (non-hydrogen) atoms. The van der Waals surface area contributed by atoms with Gasteiger partial charge in [0.2, 0.25) is 11.8 Å². The smallest absolute Gasteiger partial charge is 0.447 e. The minimum Gasteiger partial charge on any atom is -0.447 e. The Labute approximate surface area is 286 Å². The maximum atomic E-state index is 13.3. The van der Waals surface area contributed by atoms with E-state index in [1.165, 1.54) is 24.3 Å². The van der Waals surface area contributed by atoms with Gasteiger partial charge in [0.05, 0.1) is 18.1 Å². The molecule has 2 rings (SSSR count). The molecule has 2 atom stereocenters. The van der Waals surface area contributed by atoms with Crippen LogP contribution in [0.4, 0.5) is 25.8 Å². The number of nitrogens with zero attached hydrogens (tertiary/aromatic N) is 4. The zero-order chi connectivity index (χ0) is 36.9. The summed E-state index contributed by atoms with van der Waals surface area (Å²) in [5.74, 6) is -1.58. The molecule has 20 nitrogen and oxygen atoms in total. The van der Waals surface area contributed by atoms with Gasteiger partial charge in [-0.05, 0) is 54.1 Å². The number of hydrogen-bond donors (Lipinski definition) is 5. The van der Waals surface area contributed by atoms with Gasteiger partial charge in [0.25, 0.3) is 5.69 Å². The second-order valence-corrected chi connectivity index (χ2v) is 10.6. The van der Waals surface area contributed by atoms with Gasteiger partial charge in [0.1, 0.15) is 31.0 Å². The standard InChI is InChI=1S/C30H39N9O11/c1-19(2)25(37-29(43)48-17-16-47-15-14-34-38-32)27(41)36-24(4-3-13-33-28(31)42)26(40)35-21-7-5-20(6-8-21)18-49-30(44)50-23-11-9-22(10-12-23)39(45)46/h5-12,19,24-25H,3-4,13-18H2,1-2H3,(H,35,40)(H,36,41)(H,37,43)(H3,31,33,42)/t24?,25-/m0/s1. The molecule has 0 aliphatic heterocycles. The zero-order valence-electron chi connectivity index (χ0n) is 27.4. The number of anilines is 1. The van der Waals surface area contributed by atoms with E-state index in [1.807, 2.05) is 0 Å². The highest BCUT2D eigenvalue weighted by molar-refractivity contribution is 5.98. The van der Waals surface area contributed by atoms with Gasteiger partial charge in [0, 0.05) is 35.8 Å². The molecule has 270 valence electrons. The number of nitro benzene ring substituents is 1. The number of non-ortho nitro benzene ring substituents is 1. The van der Waals surface area contributed by atoms with Gasteiger partial charge in [-0.15, -0.1) is 0 Å². The lowest BCUT2D eigenvalue weighted by molar-refractivity contribution is -0.384. The number of nitrogens with two attached hydrogens (primary N) is 1. The summed E-state index contributed by atoms with van der Waals surface area (Å²) >= 11 is 0. The number of nitro groups is 1. The van der Waals surface area contributed by atoms with Crippen molar-refractivity contribution in [1.82, 2.24) is 16.0 Å². The number of carbonyl (C=O) groups excluding carboxylic acids is 5. The summed E-state index contributed by atoms with van der Waals surface area (Å²) in [7, 11) is 0. The van der Waals surface area contributed by atoms with Crippen LogP contribution in [0.5, 0.6) is 5.75 Å². The second kappa shape index (κ2) is 21.7. The van der Waals surface area contributed by atoms with E-state index >= 15 is 0 Å². The van der Waals surface area contributed by atoms with Gasteiger partial charge < -0.3 is 45.9 Å². The molecule has 0 aliphatic carbocycles. The highest BCUT2D eigenvalue weighted by Gasteiger charge is 2.29. The molecular weight excluding hydrogens is 662 g/mol. The van der Waals surface area contributed by atoms with Crippen LogP contribution in [0.2, 0.25) is 0 Å². The van der Waals surface area contributed by atoms with E-state index in [-0.39, 0.29) is 63.8 Å². The SMILES string of the molecule is CC(C)[C@H](NC(=O)OCCOCCN=[N+]=[N-])C(=O)NC(CCCNC(N)=O)C(=O)Nc1ccc(COC(=O)Oc2ccc([N+](=O)[O-])cc2)cc1. The van der Waals surface area contributed by atoms with Crippen LogP contribution in [0.15, 0.2) is 53.6 Å². The highest BCUT2D eigenvalue weighted by atomic mass is 16.7. The quantitative estimate of drug-likeness (QED) is 0.0195. The van der Waals surface area contributed by atoms with Crippen LogP contribution >= 0.6 is 0 Å². The second-order valence-electron chi connectivity index (χ2n) is 10.6. The van der Waals surface area contributed by atoms with Crippen molar-refractivity contribution in [3.8, 4) is 5.75 Å². The summed E-state index contributed by atoms with van der Waals surface area (Å²) in [6, 6.07) is 8.21. The van der Waals surface area contributed by atoms with Crippen LogP contribution in [-0.4, -0.2) is 80.0 Å². The number of urea groups is 1. The topological polar surface area (TPSA) is 288 Å². The number of amides is 5. The summed E-state index contributed by atoms with van der Waals surface area (Å²) in [5, 5.41) is 24.3. The first-order valence-corrected chi connectivity index (χ1v) is 15.2. The lowest BCUT2D eigenvalue weighted by atomic mass is 10.0. The van der Waals surface area contributed by atoms with Crippen molar-refractivity contribution in [1.29, 1.82) is 0 Å². The van der Waals surface area contributed by atoms with E-state index in [1.54, 1.807) is 38.1 Å². The molecule has 5 amide bonds. The number of carbonyl (C=O) groups is 5. The van der Waals surface area contributed by atoms with Crippen LogP contribution in [0.1, 0.15) is 32.3 Å². The predicted octanol–water partition coefficient (Wildman–Crippen LogP) is 3.26. The third kappa shape index (κ3) is 15.6. The maximum absolute atomic E-state index is 13.3. The molecule has 0 aliphatic rings. The molecule has 0 fully saturated rings. The molecule has 0 spiro atoms. The van der Waals surface area contributed by atoms with E-state index in [9.17, 15) is 34.1 Å². The van der Waals surface area contributed by atoms with E-state index < -0.39 is 53.0 Å². The van der Waals surface area contributed by atoms with Crippen molar-refractivity contribution in [3.63, 3.8) is 0 Å². The molecule has 0 aromatic heterocycles. The molecule has 0 bridgehead atoms. The van der Waals surface area contributed by atoms with E-state index in [0.29, 0.717) is 11.3 Å². The monoisotopic (exact) mass is 701 g/mol. The van der Waals surface area contributed by atoms with Crippen molar-refractivity contribution < 1.29 is 47.8 Å². The molecule has 0 radical (unpaired) electrons. The van der Waals surface area contributed by atoms with Crippen molar-refractivity contribution in [2.45, 2.75) is 45.4 Å². The Morgan fingerprint density at radius 2 is 1.66 bits per heavy atom. The van der Waals surface area contributed by atoms with E-state index in [4.69, 9.17) is 30.2 Å². The van der Waals surface area contributed by atoms with Crippen LogP contribution in [0.3, 0.4) is 0 Å². The first-order valence-electron chi connectivity index (χ1n) is 15.2. The van der Waals surface area contributed by atoms with Crippen molar-refractivity contribution in [3.05, 3.63) is 74.7 Å². The van der Waals surface area contributed by atoms with Crippen molar-refractivity contribution >= 4 is 41.5 Å². The number of benzene rings is 2. The first-order chi connectivity index (χ1) is 23.9. The van der Waals surface area contributed by atoms with Crippen molar-refractivity contribution in [2.75, 3.05) is 38.2 Å². The van der Waals surface area contributed by atoms with Gasteiger partial charge in [-0.3, -0.25) is 19.7 Å². The molecule has 0 saturated heterocycles. The molecule has 20 heteroatoms. The molecule has 0 heterocycles. The number of primary amides is 1. The third-order valence-corrected chi connectivity index (χ3v) is 6.51. The number of azide groups is 1. The van der Waals surface area contributed by atoms with Gasteiger partial charge in [-0.25, -0.2) is 14.4 Å². The maximum Gasteiger partial charge on any atom is 0.514 e. The molecule has 0 saturated carbocycles. The summed E-state index contributed by atoms with van der Waals surface area (Å²) in [4.78, 5) is 74.7. The average molecular weight is 702 g/mol. The van der Waals surface area contributed by atoms with Gasteiger partial charge in [-0.2, -0.15) is 0 Å². The number of alkyl carbamates (subject to hydrolysis) is 1. The minimum absolute atomic E-state index is 0.0410. The third-order valence-electron chi connectivity index (χ3n) is 6.51. The molecule has 6 N–H and O–H groups in total. The van der Waals surface area contributed by atoms with Crippen LogP contribution in [0.25, 0.3) is 10.4 Å². The fourth-order valence-electron chi connectivity index (χ4n) is 4.01. The summed E-state index contributed by atoms with van der Waals surface area (Å²) in [5.41, 5.74) is 14.1. The number of rotatable bonds is 20. The van der Waals surface area contributed by atoms with Crippen molar-refractivity contribution in [2.24, 2.45) is 16.8 Å². The Morgan fingerprint density at radius 1 is 0.960 bits per heavy atom. The predicted molar refractivity (Wildman–Crippen MR) is 176 cm³/mol. The van der Waals surface area contributed by atoms with Gasteiger partial charge in [-0.1, -0.05) is 31.1 Å². The Balaban J connectivity index is 1.96. The Hall–Kier alpha value is -6.14. The van der Waals surface area contributed by atoms with Crippen LogP contribution in [-0.2, 0) is 30.4 Å².